The second kappa shape index (κ2) is 9.57. The molecule has 3 atom stereocenters. The van der Waals surface area contributed by atoms with E-state index in [0.29, 0.717) is 40.7 Å². The van der Waals surface area contributed by atoms with Gasteiger partial charge < -0.3 is 20.3 Å². The lowest BCUT2D eigenvalue weighted by molar-refractivity contribution is -0.137. The maximum atomic E-state index is 14.0. The lowest BCUT2D eigenvalue weighted by atomic mass is 9.79. The number of ether oxygens (including phenoxy) is 1. The normalized spacial score (nSPS) is 22.5. The second-order valence-electron chi connectivity index (χ2n) is 9.07. The van der Waals surface area contributed by atoms with Crippen molar-refractivity contribution in [2.24, 2.45) is 5.92 Å². The van der Waals surface area contributed by atoms with E-state index < -0.39 is 47.1 Å². The zero-order valence-corrected chi connectivity index (χ0v) is 21.3. The molecule has 2 N–H and O–H groups in total. The van der Waals surface area contributed by atoms with Gasteiger partial charge in [0.2, 0.25) is 0 Å². The number of rotatable bonds is 4. The molecule has 198 valence electrons. The van der Waals surface area contributed by atoms with Gasteiger partial charge in [-0.25, -0.2) is 14.0 Å². The summed E-state index contributed by atoms with van der Waals surface area (Å²) in [6, 6.07) is 6.41. The third-order valence-corrected chi connectivity index (χ3v) is 7.73. The maximum absolute atomic E-state index is 14.0. The van der Waals surface area contributed by atoms with Crippen LogP contribution >= 0.6 is 15.9 Å². The molecule has 0 radical (unpaired) electrons. The number of halogens is 5. The minimum atomic E-state index is -4.85. The summed E-state index contributed by atoms with van der Waals surface area (Å²) in [5.41, 5.74) is -0.416. The summed E-state index contributed by atoms with van der Waals surface area (Å²) in [4.78, 5) is 40.3. The van der Waals surface area contributed by atoms with Crippen LogP contribution in [0.15, 0.2) is 64.3 Å². The second-order valence-corrected chi connectivity index (χ2v) is 9.99. The van der Waals surface area contributed by atoms with Crippen molar-refractivity contribution < 1.29 is 36.7 Å². The summed E-state index contributed by atoms with van der Waals surface area (Å²) in [5, 5.41) is 5.51. The molecule has 2 heterocycles. The number of hydrogen-bond donors (Lipinski definition) is 2. The Labute approximate surface area is 222 Å². The van der Waals surface area contributed by atoms with Crippen molar-refractivity contribution in [1.29, 1.82) is 0 Å². The zero-order chi connectivity index (χ0) is 27.4. The van der Waals surface area contributed by atoms with Crippen molar-refractivity contribution in [1.82, 2.24) is 15.5 Å². The fourth-order valence-corrected chi connectivity index (χ4v) is 5.98. The fourth-order valence-electron chi connectivity index (χ4n) is 5.27. The van der Waals surface area contributed by atoms with Gasteiger partial charge in [0.15, 0.2) is 0 Å². The van der Waals surface area contributed by atoms with Gasteiger partial charge in [-0.05, 0) is 42.3 Å². The van der Waals surface area contributed by atoms with Crippen LogP contribution in [0.3, 0.4) is 0 Å². The predicted octanol–water partition coefficient (Wildman–Crippen LogP) is 5.06. The van der Waals surface area contributed by atoms with E-state index in [4.69, 9.17) is 4.74 Å². The van der Waals surface area contributed by atoms with Gasteiger partial charge in [-0.3, -0.25) is 4.79 Å². The van der Waals surface area contributed by atoms with Gasteiger partial charge in [-0.2, -0.15) is 13.2 Å². The summed E-state index contributed by atoms with van der Waals surface area (Å²) in [6.07, 6.45) is -2.59. The van der Waals surface area contributed by atoms with Crippen LogP contribution in [-0.2, 0) is 10.9 Å². The molecule has 3 unspecified atom stereocenters. The molecule has 2 aromatic rings. The minimum Gasteiger partial charge on any atom is -0.465 e. The van der Waals surface area contributed by atoms with E-state index in [1.54, 1.807) is 35.2 Å². The Morgan fingerprint density at radius 3 is 2.63 bits per heavy atom. The van der Waals surface area contributed by atoms with Crippen molar-refractivity contribution in [2.75, 3.05) is 13.7 Å². The van der Waals surface area contributed by atoms with E-state index in [0.717, 1.165) is 6.07 Å². The minimum absolute atomic E-state index is 0.129. The third kappa shape index (κ3) is 4.46. The Balaban J connectivity index is 1.63. The average Bonchev–Trinajstić information content (AvgIpc) is 3.33. The summed E-state index contributed by atoms with van der Waals surface area (Å²) in [6.45, 7) is 0.430. The van der Waals surface area contributed by atoms with Crippen molar-refractivity contribution in [3.63, 3.8) is 0 Å². The number of alkyl halides is 3. The number of hydrogen-bond acceptors (Lipinski definition) is 4. The SMILES string of the molecule is COC(=O)c1ccccc1C1NC(=O)N2CCC3C(Br)=CC(NC(=O)c4cc(F)cc(C(F)(F)F)c4)=C1C32. The summed E-state index contributed by atoms with van der Waals surface area (Å²) >= 11 is 3.52. The summed E-state index contributed by atoms with van der Waals surface area (Å²) < 4.78 is 59.3. The molecule has 0 spiro atoms. The molecule has 0 aromatic heterocycles. The molecule has 0 saturated carbocycles. The highest BCUT2D eigenvalue weighted by Gasteiger charge is 2.50. The van der Waals surface area contributed by atoms with Crippen LogP contribution in [0, 0.1) is 11.7 Å². The predicted molar refractivity (Wildman–Crippen MR) is 131 cm³/mol. The maximum Gasteiger partial charge on any atom is 0.416 e. The van der Waals surface area contributed by atoms with Crippen LogP contribution in [-0.4, -0.2) is 42.5 Å². The largest absolute Gasteiger partial charge is 0.465 e. The van der Waals surface area contributed by atoms with Crippen LogP contribution in [0.25, 0.3) is 0 Å². The third-order valence-electron chi connectivity index (χ3n) is 6.92. The number of esters is 1. The van der Waals surface area contributed by atoms with Gasteiger partial charge in [-0.15, -0.1) is 0 Å². The average molecular weight is 594 g/mol. The Kier molecular flexibility index (Phi) is 6.54. The Morgan fingerprint density at radius 2 is 1.92 bits per heavy atom. The van der Waals surface area contributed by atoms with Crippen molar-refractivity contribution in [3.05, 3.63) is 92.4 Å². The smallest absolute Gasteiger partial charge is 0.416 e. The molecule has 2 fully saturated rings. The first-order valence-corrected chi connectivity index (χ1v) is 12.3. The number of urea groups is 1. The molecule has 2 saturated heterocycles. The van der Waals surface area contributed by atoms with Gasteiger partial charge in [0.25, 0.3) is 5.91 Å². The molecule has 38 heavy (non-hydrogen) atoms. The number of nitrogens with zero attached hydrogens (tertiary/aromatic N) is 1. The first-order chi connectivity index (χ1) is 18.0. The van der Waals surface area contributed by atoms with Crippen molar-refractivity contribution in [2.45, 2.75) is 24.7 Å². The number of methoxy groups -OCH3 is 1. The first kappa shape index (κ1) is 26.0. The van der Waals surface area contributed by atoms with Crippen LogP contribution in [0.4, 0.5) is 22.4 Å². The highest BCUT2D eigenvalue weighted by atomic mass is 79.9. The van der Waals surface area contributed by atoms with Crippen molar-refractivity contribution >= 4 is 33.8 Å². The molecule has 2 aromatic carbocycles. The molecule has 12 heteroatoms. The van der Waals surface area contributed by atoms with E-state index in [1.165, 1.54) is 7.11 Å². The van der Waals surface area contributed by atoms with E-state index in [1.807, 2.05) is 0 Å². The molecule has 7 nitrogen and oxygen atoms in total. The van der Waals surface area contributed by atoms with Crippen LogP contribution < -0.4 is 10.6 Å². The zero-order valence-electron chi connectivity index (χ0n) is 19.7. The molecule has 2 aliphatic heterocycles. The van der Waals surface area contributed by atoms with E-state index in [-0.39, 0.29) is 23.2 Å². The molecular formula is C26H20BrF4N3O4. The standard InChI is InChI=1S/C26H20BrF4N3O4/c1-38-24(36)16-5-3-2-4-15(16)21-20-19(11-18(27)17-6-7-34(22(17)20)25(37)33-21)32-23(35)12-8-13(26(29,30)31)10-14(28)9-12/h2-5,8-11,17,21-22H,6-7H2,1H3,(H,32,35)(H,33,37). The van der Waals surface area contributed by atoms with Crippen molar-refractivity contribution in [3.8, 4) is 0 Å². The number of benzene rings is 2. The lowest BCUT2D eigenvalue weighted by Gasteiger charge is -2.43. The topological polar surface area (TPSA) is 87.7 Å². The first-order valence-electron chi connectivity index (χ1n) is 11.5. The molecular weight excluding hydrogens is 574 g/mol. The van der Waals surface area contributed by atoms with E-state index >= 15 is 0 Å². The van der Waals surface area contributed by atoms with E-state index in [2.05, 4.69) is 26.6 Å². The molecule has 1 aliphatic carbocycles. The fraction of sp³-hybridized carbons (Fsp3) is 0.269. The van der Waals surface area contributed by atoms with Crippen LogP contribution in [0.5, 0.6) is 0 Å². The Hall–Kier alpha value is -3.67. The molecule has 3 aliphatic rings. The summed E-state index contributed by atoms with van der Waals surface area (Å²) in [7, 11) is 1.23. The molecule has 5 rings (SSSR count). The molecule has 3 amide bonds. The quantitative estimate of drug-likeness (QED) is 0.383. The van der Waals surface area contributed by atoms with Gasteiger partial charge in [0.05, 0.1) is 30.3 Å². The Morgan fingerprint density at radius 1 is 1.18 bits per heavy atom. The number of nitrogens with one attached hydrogen (secondary N) is 2. The van der Waals surface area contributed by atoms with Gasteiger partial charge >= 0.3 is 18.2 Å². The Bertz CT molecular complexity index is 1420. The number of allylic oxidation sites excluding steroid dienone is 1. The number of amides is 3. The highest BCUT2D eigenvalue weighted by Crippen LogP contribution is 2.48. The van der Waals surface area contributed by atoms with Crippen LogP contribution in [0.2, 0.25) is 0 Å². The van der Waals surface area contributed by atoms with Gasteiger partial charge in [0.1, 0.15) is 5.82 Å². The monoisotopic (exact) mass is 593 g/mol. The number of carbonyl (C=O) groups excluding carboxylic acids is 3. The number of carbonyl (C=O) groups is 3. The van der Waals surface area contributed by atoms with Gasteiger partial charge in [0, 0.05) is 33.8 Å². The molecule has 0 bridgehead atoms. The summed E-state index contributed by atoms with van der Waals surface area (Å²) in [5.74, 6) is -2.93. The lowest BCUT2D eigenvalue weighted by Crippen LogP contribution is -2.55. The van der Waals surface area contributed by atoms with Crippen LogP contribution in [0.1, 0.15) is 44.3 Å². The highest BCUT2D eigenvalue weighted by molar-refractivity contribution is 9.11. The van der Waals surface area contributed by atoms with E-state index in [9.17, 15) is 31.9 Å². The van der Waals surface area contributed by atoms with Gasteiger partial charge in [-0.1, -0.05) is 34.1 Å².